The molecule has 0 amide bonds. The van der Waals surface area contributed by atoms with Gasteiger partial charge in [0.15, 0.2) is 17.3 Å². The molecule has 4 heterocycles. The Bertz CT molecular complexity index is 1230. The van der Waals surface area contributed by atoms with Crippen LogP contribution in [-0.2, 0) is 0 Å². The number of hydrogen-bond acceptors (Lipinski definition) is 8. The van der Waals surface area contributed by atoms with E-state index in [1.54, 1.807) is 49.1 Å². The molecule has 0 radical (unpaired) electrons. The van der Waals surface area contributed by atoms with Gasteiger partial charge in [0.1, 0.15) is 5.50 Å². The van der Waals surface area contributed by atoms with Crippen molar-refractivity contribution in [3.05, 3.63) is 85.1 Å². The topological polar surface area (TPSA) is 63.7 Å². The number of rotatable bonds is 7. The van der Waals surface area contributed by atoms with Gasteiger partial charge in [-0.1, -0.05) is 11.8 Å². The van der Waals surface area contributed by atoms with Crippen LogP contribution in [0.15, 0.2) is 93.0 Å². The van der Waals surface area contributed by atoms with E-state index >= 15 is 0 Å². The van der Waals surface area contributed by atoms with Gasteiger partial charge in [-0.3, -0.25) is 4.98 Å². The first-order chi connectivity index (χ1) is 15.7. The molecule has 0 aliphatic carbocycles. The van der Waals surface area contributed by atoms with E-state index in [4.69, 9.17) is 13.6 Å². The highest BCUT2D eigenvalue weighted by Crippen LogP contribution is 2.37. The van der Waals surface area contributed by atoms with Gasteiger partial charge < -0.3 is 18.5 Å². The zero-order valence-corrected chi connectivity index (χ0v) is 18.5. The highest BCUT2D eigenvalue weighted by Gasteiger charge is 2.17. The van der Waals surface area contributed by atoms with Crippen molar-refractivity contribution in [2.24, 2.45) is 0 Å². The third-order valence-electron chi connectivity index (χ3n) is 4.79. The van der Waals surface area contributed by atoms with Crippen molar-refractivity contribution < 1.29 is 18.0 Å². The van der Waals surface area contributed by atoms with E-state index in [-0.39, 0.29) is 11.2 Å². The summed E-state index contributed by atoms with van der Waals surface area (Å²) >= 11 is 3.02. The van der Waals surface area contributed by atoms with E-state index in [9.17, 15) is 4.39 Å². The molecule has 1 aliphatic rings. The minimum Gasteiger partial charge on any atom is -0.472 e. The summed E-state index contributed by atoms with van der Waals surface area (Å²) in [4.78, 5) is 7.24. The summed E-state index contributed by atoms with van der Waals surface area (Å²) in [5, 5.41) is 2.01. The monoisotopic (exact) mass is 467 g/mol. The molecule has 0 saturated carbocycles. The predicted octanol–water partition coefficient (Wildman–Crippen LogP) is 6.56. The van der Waals surface area contributed by atoms with Gasteiger partial charge in [0.05, 0.1) is 36.9 Å². The van der Waals surface area contributed by atoms with E-state index in [2.05, 4.69) is 9.71 Å². The number of nitrogens with zero attached hydrogens (tertiary/aromatic N) is 2. The number of pyridine rings is 1. The van der Waals surface area contributed by atoms with Crippen LogP contribution < -0.4 is 9.46 Å². The van der Waals surface area contributed by atoms with Crippen LogP contribution in [0.2, 0.25) is 0 Å². The number of benzene rings is 1. The second-order valence-corrected chi connectivity index (χ2v) is 8.85. The van der Waals surface area contributed by atoms with Crippen molar-refractivity contribution in [3.63, 3.8) is 0 Å². The molecule has 0 saturated heterocycles. The lowest BCUT2D eigenvalue weighted by Gasteiger charge is -2.20. The minimum absolute atomic E-state index is 0.108. The molecule has 4 aromatic rings. The smallest absolute Gasteiger partial charge is 0.166 e. The van der Waals surface area contributed by atoms with E-state index < -0.39 is 5.82 Å². The Morgan fingerprint density at radius 3 is 2.59 bits per heavy atom. The van der Waals surface area contributed by atoms with Gasteiger partial charge in [-0.15, -0.1) is 0 Å². The van der Waals surface area contributed by atoms with Crippen molar-refractivity contribution in [2.75, 3.05) is 7.05 Å². The third-order valence-corrected chi connectivity index (χ3v) is 6.76. The van der Waals surface area contributed by atoms with Crippen LogP contribution in [0, 0.1) is 5.82 Å². The lowest BCUT2D eigenvalue weighted by atomic mass is 10.1. The zero-order chi connectivity index (χ0) is 21.9. The fraction of sp³-hybridized carbons (Fsp3) is 0.0870. The summed E-state index contributed by atoms with van der Waals surface area (Å²) in [5.41, 5.74) is 3.19. The molecule has 0 fully saturated rings. The molecule has 1 N–H and O–H groups in total. The van der Waals surface area contributed by atoms with Crippen molar-refractivity contribution in [1.82, 2.24) is 14.6 Å². The molecule has 5 rings (SSSR count). The van der Waals surface area contributed by atoms with Gasteiger partial charge in [-0.2, -0.15) is 0 Å². The number of halogens is 1. The predicted molar refractivity (Wildman–Crippen MR) is 123 cm³/mol. The number of thioether (sulfide) groups is 1. The quantitative estimate of drug-likeness (QED) is 0.307. The fourth-order valence-corrected chi connectivity index (χ4v) is 4.83. The van der Waals surface area contributed by atoms with E-state index in [1.807, 2.05) is 47.8 Å². The number of nitrogens with one attached hydrogen (secondary N) is 1. The lowest BCUT2D eigenvalue weighted by molar-refractivity contribution is 0.428. The number of furan rings is 2. The molecular weight excluding hydrogens is 449 g/mol. The first-order valence-corrected chi connectivity index (χ1v) is 11.4. The van der Waals surface area contributed by atoms with Crippen molar-refractivity contribution in [3.8, 4) is 33.9 Å². The Morgan fingerprint density at radius 2 is 1.91 bits per heavy atom. The molecule has 6 nitrogen and oxygen atoms in total. The van der Waals surface area contributed by atoms with E-state index in [0.29, 0.717) is 11.4 Å². The summed E-state index contributed by atoms with van der Waals surface area (Å²) in [6, 6.07) is 10.4. The first kappa shape index (κ1) is 20.7. The molecule has 32 heavy (non-hydrogen) atoms. The molecule has 162 valence electrons. The Morgan fingerprint density at radius 1 is 1.09 bits per heavy atom. The van der Waals surface area contributed by atoms with Crippen LogP contribution in [-0.4, -0.2) is 22.4 Å². The third kappa shape index (κ3) is 4.40. The lowest BCUT2D eigenvalue weighted by Crippen LogP contribution is -2.30. The largest absolute Gasteiger partial charge is 0.472 e. The Kier molecular flexibility index (Phi) is 5.93. The Hall–Kier alpha value is -3.14. The first-order valence-electron chi connectivity index (χ1n) is 9.66. The highest BCUT2D eigenvalue weighted by atomic mass is 32.2. The SMILES string of the molecule is CN1C=CSC1NSc1ccc(Oc2cnc(-c3ccoc3)cc2-c2ccoc2)c(F)c1. The van der Waals surface area contributed by atoms with E-state index in [1.165, 1.54) is 18.0 Å². The average molecular weight is 468 g/mol. The standard InChI is InChI=1S/C23H18FN3O3S2/c1-27-6-9-31-23(27)26-32-17-2-3-21(19(24)10-17)30-22-12-25-20(16-5-8-29-14-16)11-18(22)15-4-7-28-13-15/h2-14,23,26H,1H3. The minimum atomic E-state index is -0.459. The van der Waals surface area contributed by atoms with Gasteiger partial charge in [0.25, 0.3) is 0 Å². The molecule has 0 spiro atoms. The van der Waals surface area contributed by atoms with Crippen LogP contribution in [0.25, 0.3) is 22.4 Å². The van der Waals surface area contributed by atoms with Gasteiger partial charge in [0.2, 0.25) is 0 Å². The van der Waals surface area contributed by atoms with Crippen molar-refractivity contribution in [2.45, 2.75) is 10.4 Å². The molecule has 3 aromatic heterocycles. The zero-order valence-electron chi connectivity index (χ0n) is 16.9. The summed E-state index contributed by atoms with van der Waals surface area (Å²) in [6.07, 6.45) is 9.95. The maximum Gasteiger partial charge on any atom is 0.166 e. The van der Waals surface area contributed by atoms with Gasteiger partial charge in [0, 0.05) is 34.8 Å². The van der Waals surface area contributed by atoms with Crippen LogP contribution in [0.1, 0.15) is 0 Å². The summed E-state index contributed by atoms with van der Waals surface area (Å²) in [5.74, 6) is 0.0801. The molecule has 1 aromatic carbocycles. The normalized spacial score (nSPS) is 15.4. The summed E-state index contributed by atoms with van der Waals surface area (Å²) in [7, 11) is 1.98. The molecule has 9 heteroatoms. The van der Waals surface area contributed by atoms with E-state index in [0.717, 1.165) is 21.6 Å². The summed E-state index contributed by atoms with van der Waals surface area (Å²) in [6.45, 7) is 0. The molecule has 1 unspecified atom stereocenters. The molecule has 1 atom stereocenters. The molecule has 0 bridgehead atoms. The molecule has 1 aliphatic heterocycles. The highest BCUT2D eigenvalue weighted by molar-refractivity contribution is 8.04. The Labute approximate surface area is 192 Å². The van der Waals surface area contributed by atoms with Gasteiger partial charge in [-0.05, 0) is 53.8 Å². The Balaban J connectivity index is 1.37. The van der Waals surface area contributed by atoms with Gasteiger partial charge in [-0.25, -0.2) is 9.11 Å². The summed E-state index contributed by atoms with van der Waals surface area (Å²) < 4.78 is 34.5. The fourth-order valence-electron chi connectivity index (χ4n) is 3.09. The second kappa shape index (κ2) is 9.15. The maximum absolute atomic E-state index is 14.8. The van der Waals surface area contributed by atoms with Crippen LogP contribution in [0.3, 0.4) is 0 Å². The number of ether oxygens (including phenoxy) is 1. The molecular formula is C23H18FN3O3S2. The number of aromatic nitrogens is 1. The van der Waals surface area contributed by atoms with Crippen molar-refractivity contribution in [1.29, 1.82) is 0 Å². The average Bonchev–Trinajstić information content (AvgIpc) is 3.58. The van der Waals surface area contributed by atoms with Crippen LogP contribution in [0.5, 0.6) is 11.5 Å². The van der Waals surface area contributed by atoms with Crippen molar-refractivity contribution >= 4 is 23.7 Å². The van der Waals surface area contributed by atoms with Gasteiger partial charge >= 0.3 is 0 Å². The van der Waals surface area contributed by atoms with Crippen LogP contribution in [0.4, 0.5) is 4.39 Å². The number of hydrogen-bond donors (Lipinski definition) is 1. The maximum atomic E-state index is 14.8. The van der Waals surface area contributed by atoms with Crippen LogP contribution >= 0.6 is 23.7 Å². The second-order valence-electron chi connectivity index (χ2n) is 6.94.